The molecule has 0 bridgehead atoms. The first-order chi connectivity index (χ1) is 13.9. The van der Waals surface area contributed by atoms with E-state index in [1.54, 1.807) is 0 Å². The van der Waals surface area contributed by atoms with Crippen molar-refractivity contribution >= 4 is 16.9 Å². The Labute approximate surface area is 172 Å². The monoisotopic (exact) mass is 400 g/mol. The lowest BCUT2D eigenvalue weighted by atomic mass is 9.89. The SMILES string of the molecule is Cc1c(C(=O)NCCCN2CCCCC2)oc2ccc3c(c12)[C@H](O)CC(C)(C)O3. The maximum absolute atomic E-state index is 12.7. The largest absolute Gasteiger partial charge is 0.487 e. The average molecular weight is 401 g/mol. The number of ether oxygens (including phenoxy) is 1. The van der Waals surface area contributed by atoms with Crippen LogP contribution in [0.5, 0.6) is 5.75 Å². The lowest BCUT2D eigenvalue weighted by Crippen LogP contribution is -2.34. The molecular weight excluding hydrogens is 368 g/mol. The van der Waals surface area contributed by atoms with Gasteiger partial charge in [-0.2, -0.15) is 0 Å². The predicted octanol–water partition coefficient (Wildman–Crippen LogP) is 3.94. The zero-order valence-corrected chi connectivity index (χ0v) is 17.7. The summed E-state index contributed by atoms with van der Waals surface area (Å²) in [6.45, 7) is 9.80. The van der Waals surface area contributed by atoms with Gasteiger partial charge in [0, 0.05) is 29.5 Å². The molecule has 1 amide bonds. The van der Waals surface area contributed by atoms with Gasteiger partial charge in [-0.25, -0.2) is 0 Å². The number of piperidine rings is 1. The summed E-state index contributed by atoms with van der Waals surface area (Å²) in [6, 6.07) is 3.65. The molecule has 2 aromatic rings. The molecule has 1 fully saturated rings. The average Bonchev–Trinajstić information content (AvgIpc) is 3.01. The molecular formula is C23H32N2O4. The lowest BCUT2D eigenvalue weighted by Gasteiger charge is -2.35. The second-order valence-corrected chi connectivity index (χ2v) is 9.00. The van der Waals surface area contributed by atoms with Crippen molar-refractivity contribution < 1.29 is 19.1 Å². The van der Waals surface area contributed by atoms with E-state index < -0.39 is 11.7 Å². The summed E-state index contributed by atoms with van der Waals surface area (Å²) in [6.07, 6.45) is 4.68. The van der Waals surface area contributed by atoms with Crippen LogP contribution in [0.3, 0.4) is 0 Å². The molecule has 1 saturated heterocycles. The molecule has 0 saturated carbocycles. The number of aliphatic hydroxyl groups is 1. The third-order valence-electron chi connectivity index (χ3n) is 6.09. The molecule has 0 radical (unpaired) electrons. The van der Waals surface area contributed by atoms with Gasteiger partial charge in [-0.05, 0) is 71.8 Å². The third kappa shape index (κ3) is 4.14. The summed E-state index contributed by atoms with van der Waals surface area (Å²) in [7, 11) is 0. The number of carbonyl (C=O) groups excluding carboxylic acids is 1. The third-order valence-corrected chi connectivity index (χ3v) is 6.09. The molecule has 1 atom stereocenters. The molecule has 1 aromatic heterocycles. The van der Waals surface area contributed by atoms with E-state index in [1.807, 2.05) is 32.9 Å². The van der Waals surface area contributed by atoms with Crippen LogP contribution in [0, 0.1) is 6.92 Å². The fourth-order valence-corrected chi connectivity index (χ4v) is 4.66. The zero-order valence-electron chi connectivity index (χ0n) is 17.7. The highest BCUT2D eigenvalue weighted by Crippen LogP contribution is 2.45. The van der Waals surface area contributed by atoms with Crippen molar-refractivity contribution in [2.45, 2.75) is 64.6 Å². The summed E-state index contributed by atoms with van der Waals surface area (Å²) in [5, 5.41) is 14.5. The van der Waals surface area contributed by atoms with Crippen molar-refractivity contribution in [2.24, 2.45) is 0 Å². The Kier molecular flexibility index (Phi) is 5.58. The Morgan fingerprint density at radius 3 is 2.79 bits per heavy atom. The van der Waals surface area contributed by atoms with Gasteiger partial charge in [-0.3, -0.25) is 4.79 Å². The van der Waals surface area contributed by atoms with Crippen LogP contribution in [-0.2, 0) is 0 Å². The van der Waals surface area contributed by atoms with E-state index in [4.69, 9.17) is 9.15 Å². The maximum Gasteiger partial charge on any atom is 0.287 e. The number of aliphatic hydroxyl groups excluding tert-OH is 1. The Hall–Kier alpha value is -2.05. The van der Waals surface area contributed by atoms with Gasteiger partial charge in [0.05, 0.1) is 6.10 Å². The topological polar surface area (TPSA) is 74.9 Å². The molecule has 2 aliphatic heterocycles. The van der Waals surface area contributed by atoms with Crippen LogP contribution in [0.1, 0.15) is 73.7 Å². The van der Waals surface area contributed by atoms with Crippen LogP contribution in [0.2, 0.25) is 0 Å². The number of benzene rings is 1. The maximum atomic E-state index is 12.7. The number of fused-ring (bicyclic) bond motifs is 3. The van der Waals surface area contributed by atoms with Gasteiger partial charge >= 0.3 is 0 Å². The normalized spacial score (nSPS) is 21.6. The molecule has 4 rings (SSSR count). The van der Waals surface area contributed by atoms with E-state index in [1.165, 1.54) is 32.4 Å². The van der Waals surface area contributed by atoms with Gasteiger partial charge < -0.3 is 24.5 Å². The Morgan fingerprint density at radius 2 is 2.03 bits per heavy atom. The van der Waals surface area contributed by atoms with Gasteiger partial charge in [0.15, 0.2) is 5.76 Å². The highest BCUT2D eigenvalue weighted by Gasteiger charge is 2.35. The molecule has 2 aliphatic rings. The summed E-state index contributed by atoms with van der Waals surface area (Å²) in [5.74, 6) is 0.791. The van der Waals surface area contributed by atoms with E-state index in [2.05, 4.69) is 10.2 Å². The van der Waals surface area contributed by atoms with Crippen molar-refractivity contribution in [2.75, 3.05) is 26.2 Å². The number of furan rings is 1. The van der Waals surface area contributed by atoms with E-state index in [0.717, 1.165) is 29.5 Å². The lowest BCUT2D eigenvalue weighted by molar-refractivity contribution is 0.0126. The number of hydrogen-bond donors (Lipinski definition) is 2. The van der Waals surface area contributed by atoms with Gasteiger partial charge in [0.25, 0.3) is 5.91 Å². The van der Waals surface area contributed by atoms with Crippen LogP contribution in [0.25, 0.3) is 11.0 Å². The molecule has 0 aliphatic carbocycles. The Balaban J connectivity index is 1.47. The quantitative estimate of drug-likeness (QED) is 0.744. The number of hydrogen-bond acceptors (Lipinski definition) is 5. The molecule has 3 heterocycles. The fourth-order valence-electron chi connectivity index (χ4n) is 4.66. The first-order valence-electron chi connectivity index (χ1n) is 10.8. The second-order valence-electron chi connectivity index (χ2n) is 9.00. The number of likely N-dealkylation sites (tertiary alicyclic amines) is 1. The zero-order chi connectivity index (χ0) is 20.6. The first kappa shape index (κ1) is 20.2. The fraction of sp³-hybridized carbons (Fsp3) is 0.609. The number of aryl methyl sites for hydroxylation is 1. The summed E-state index contributed by atoms with van der Waals surface area (Å²) < 4.78 is 11.9. The minimum absolute atomic E-state index is 0.197. The molecule has 6 nitrogen and oxygen atoms in total. The van der Waals surface area contributed by atoms with Crippen LogP contribution in [0.15, 0.2) is 16.5 Å². The van der Waals surface area contributed by atoms with Crippen molar-refractivity contribution in [1.82, 2.24) is 10.2 Å². The first-order valence-corrected chi connectivity index (χ1v) is 10.8. The van der Waals surface area contributed by atoms with E-state index in [9.17, 15) is 9.90 Å². The number of rotatable bonds is 5. The predicted molar refractivity (Wildman–Crippen MR) is 112 cm³/mol. The van der Waals surface area contributed by atoms with E-state index in [-0.39, 0.29) is 5.91 Å². The number of amides is 1. The molecule has 29 heavy (non-hydrogen) atoms. The number of carbonyl (C=O) groups is 1. The van der Waals surface area contributed by atoms with Crippen LogP contribution >= 0.6 is 0 Å². The molecule has 158 valence electrons. The minimum Gasteiger partial charge on any atom is -0.487 e. The highest BCUT2D eigenvalue weighted by molar-refractivity contribution is 6.00. The molecule has 2 N–H and O–H groups in total. The smallest absolute Gasteiger partial charge is 0.287 e. The van der Waals surface area contributed by atoms with Crippen molar-refractivity contribution in [3.05, 3.63) is 29.0 Å². The molecule has 0 spiro atoms. The standard InChI is InChI=1S/C23H32N2O4/c1-15-19-17(8-9-18-20(19)16(26)14-23(2,3)29-18)28-21(15)22(27)24-10-7-13-25-11-5-4-6-12-25/h8-9,16,26H,4-7,10-14H2,1-3H3,(H,24,27)/t16-/m1/s1. The number of nitrogens with one attached hydrogen (secondary N) is 1. The van der Waals surface area contributed by atoms with Crippen molar-refractivity contribution in [3.8, 4) is 5.75 Å². The van der Waals surface area contributed by atoms with Crippen LogP contribution < -0.4 is 10.1 Å². The number of nitrogens with zero attached hydrogens (tertiary/aromatic N) is 1. The molecule has 6 heteroatoms. The van der Waals surface area contributed by atoms with Gasteiger partial charge in [0.2, 0.25) is 0 Å². The van der Waals surface area contributed by atoms with Crippen molar-refractivity contribution in [3.63, 3.8) is 0 Å². The summed E-state index contributed by atoms with van der Waals surface area (Å²) in [5.41, 5.74) is 1.67. The Morgan fingerprint density at radius 1 is 1.28 bits per heavy atom. The summed E-state index contributed by atoms with van der Waals surface area (Å²) in [4.78, 5) is 15.2. The summed E-state index contributed by atoms with van der Waals surface area (Å²) >= 11 is 0. The van der Waals surface area contributed by atoms with E-state index >= 15 is 0 Å². The van der Waals surface area contributed by atoms with Gasteiger partial charge in [0.1, 0.15) is 16.9 Å². The van der Waals surface area contributed by atoms with Gasteiger partial charge in [-0.15, -0.1) is 0 Å². The van der Waals surface area contributed by atoms with Gasteiger partial charge in [-0.1, -0.05) is 6.42 Å². The van der Waals surface area contributed by atoms with Crippen molar-refractivity contribution in [1.29, 1.82) is 0 Å². The molecule has 0 unspecified atom stereocenters. The Bertz CT molecular complexity index is 896. The second kappa shape index (κ2) is 8.00. The van der Waals surface area contributed by atoms with Crippen LogP contribution in [-0.4, -0.2) is 47.7 Å². The van der Waals surface area contributed by atoms with E-state index in [0.29, 0.717) is 30.1 Å². The highest BCUT2D eigenvalue weighted by atomic mass is 16.5. The molecule has 1 aromatic carbocycles. The van der Waals surface area contributed by atoms with Crippen LogP contribution in [0.4, 0.5) is 0 Å². The minimum atomic E-state index is -0.644.